The van der Waals surface area contributed by atoms with Crippen molar-refractivity contribution in [3.63, 3.8) is 0 Å². The molecule has 0 saturated heterocycles. The topological polar surface area (TPSA) is 83.6 Å². The summed E-state index contributed by atoms with van der Waals surface area (Å²) in [4.78, 5) is 30.4. The highest BCUT2D eigenvalue weighted by Crippen LogP contribution is 2.20. The molecule has 0 spiro atoms. The number of likely N-dealkylation sites (N-methyl/N-ethyl adjacent to an activating group) is 1. The minimum absolute atomic E-state index is 0.0411. The van der Waals surface area contributed by atoms with E-state index in [9.17, 15) is 18.4 Å². The monoisotopic (exact) mass is 490 g/mol. The van der Waals surface area contributed by atoms with Gasteiger partial charge < -0.3 is 15.0 Å². The maximum atomic E-state index is 13.6. The van der Waals surface area contributed by atoms with Gasteiger partial charge in [-0.25, -0.2) is 23.4 Å². The molecule has 1 heterocycles. The molecule has 10 heteroatoms. The third-order valence-electron chi connectivity index (χ3n) is 5.27. The van der Waals surface area contributed by atoms with Gasteiger partial charge in [-0.05, 0) is 47.7 Å². The first-order valence-corrected chi connectivity index (χ1v) is 11.1. The fraction of sp³-hybridized carbons (Fsp3) is 0.292. The van der Waals surface area contributed by atoms with Gasteiger partial charge in [0, 0.05) is 25.2 Å². The summed E-state index contributed by atoms with van der Waals surface area (Å²) in [5.74, 6) is -0.736. The van der Waals surface area contributed by atoms with E-state index in [-0.39, 0.29) is 24.0 Å². The Balaban J connectivity index is 1.55. The lowest BCUT2D eigenvalue weighted by Gasteiger charge is -2.28. The highest BCUT2D eigenvalue weighted by molar-refractivity contribution is 6.31. The number of anilines is 1. The minimum Gasteiger partial charge on any atom is -0.447 e. The summed E-state index contributed by atoms with van der Waals surface area (Å²) in [5.41, 5.74) is 0.453. The number of halogens is 3. The molecule has 2 aromatic carbocycles. The van der Waals surface area contributed by atoms with Gasteiger partial charge in [0.1, 0.15) is 24.1 Å². The average molecular weight is 491 g/mol. The SMILES string of the molecule is CCC[C@@H](COC(=O)Nc1cc2cc(F)ccc2cn1)N(C)C(=O)NCc1cccc(F)c1Cl. The lowest BCUT2D eigenvalue weighted by Crippen LogP contribution is -2.45. The molecule has 1 atom stereocenters. The summed E-state index contributed by atoms with van der Waals surface area (Å²) in [6.07, 6.45) is 2.11. The summed E-state index contributed by atoms with van der Waals surface area (Å²) in [6, 6.07) is 9.38. The van der Waals surface area contributed by atoms with Gasteiger partial charge >= 0.3 is 12.1 Å². The quantitative estimate of drug-likeness (QED) is 0.422. The summed E-state index contributed by atoms with van der Waals surface area (Å²) < 4.78 is 32.3. The lowest BCUT2D eigenvalue weighted by molar-refractivity contribution is 0.113. The number of pyridine rings is 1. The third-order valence-corrected chi connectivity index (χ3v) is 5.70. The smallest absolute Gasteiger partial charge is 0.412 e. The average Bonchev–Trinajstić information content (AvgIpc) is 2.81. The second kappa shape index (κ2) is 11.6. The molecular weight excluding hydrogens is 466 g/mol. The molecule has 180 valence electrons. The van der Waals surface area contributed by atoms with Gasteiger partial charge in [0.05, 0.1) is 11.1 Å². The Morgan fingerprint density at radius 3 is 2.74 bits per heavy atom. The van der Waals surface area contributed by atoms with E-state index < -0.39 is 29.8 Å². The van der Waals surface area contributed by atoms with E-state index in [0.29, 0.717) is 17.4 Å². The summed E-state index contributed by atoms with van der Waals surface area (Å²) >= 11 is 5.93. The van der Waals surface area contributed by atoms with Crippen molar-refractivity contribution in [3.05, 3.63) is 70.9 Å². The number of ether oxygens (including phenoxy) is 1. The van der Waals surface area contributed by atoms with Gasteiger partial charge in [-0.15, -0.1) is 0 Å². The first-order valence-electron chi connectivity index (χ1n) is 10.7. The number of urea groups is 1. The number of rotatable bonds is 8. The Bertz CT molecular complexity index is 1180. The molecule has 0 aliphatic carbocycles. The van der Waals surface area contributed by atoms with Crippen LogP contribution >= 0.6 is 11.6 Å². The van der Waals surface area contributed by atoms with Crippen LogP contribution in [0.2, 0.25) is 5.02 Å². The Labute approximate surface area is 201 Å². The van der Waals surface area contributed by atoms with E-state index in [4.69, 9.17) is 16.3 Å². The Morgan fingerprint density at radius 1 is 1.18 bits per heavy atom. The number of aromatic nitrogens is 1. The maximum absolute atomic E-state index is 13.6. The van der Waals surface area contributed by atoms with Crippen molar-refractivity contribution in [2.45, 2.75) is 32.4 Å². The van der Waals surface area contributed by atoms with Crippen LogP contribution in [0.4, 0.5) is 24.2 Å². The van der Waals surface area contributed by atoms with Gasteiger partial charge in [-0.3, -0.25) is 5.32 Å². The van der Waals surface area contributed by atoms with Crippen molar-refractivity contribution in [2.75, 3.05) is 19.0 Å². The second-order valence-corrected chi connectivity index (χ2v) is 8.09. The number of hydrogen-bond acceptors (Lipinski definition) is 4. The van der Waals surface area contributed by atoms with Crippen LogP contribution in [0.3, 0.4) is 0 Å². The third kappa shape index (κ3) is 6.54. The zero-order valence-corrected chi connectivity index (χ0v) is 19.5. The number of nitrogens with zero attached hydrogens (tertiary/aromatic N) is 2. The van der Waals surface area contributed by atoms with Gasteiger partial charge in [-0.1, -0.05) is 37.1 Å². The van der Waals surface area contributed by atoms with Crippen LogP contribution in [0.25, 0.3) is 10.8 Å². The summed E-state index contributed by atoms with van der Waals surface area (Å²) in [6.45, 7) is 1.95. The predicted molar refractivity (Wildman–Crippen MR) is 127 cm³/mol. The largest absolute Gasteiger partial charge is 0.447 e. The van der Waals surface area contributed by atoms with Gasteiger partial charge in [0.15, 0.2) is 0 Å². The zero-order valence-electron chi connectivity index (χ0n) is 18.8. The van der Waals surface area contributed by atoms with E-state index in [1.165, 1.54) is 35.4 Å². The molecule has 0 unspecified atom stereocenters. The summed E-state index contributed by atoms with van der Waals surface area (Å²) in [7, 11) is 1.59. The molecular formula is C24H25ClF2N4O3. The second-order valence-electron chi connectivity index (χ2n) is 7.71. The molecule has 3 aromatic rings. The molecule has 2 N–H and O–H groups in total. The minimum atomic E-state index is -0.746. The molecule has 0 saturated carbocycles. The van der Waals surface area contributed by atoms with Crippen molar-refractivity contribution in [1.82, 2.24) is 15.2 Å². The van der Waals surface area contributed by atoms with E-state index >= 15 is 0 Å². The van der Waals surface area contributed by atoms with Crippen LogP contribution in [0, 0.1) is 11.6 Å². The number of benzene rings is 2. The van der Waals surface area contributed by atoms with Crippen LogP contribution in [-0.4, -0.2) is 41.7 Å². The molecule has 34 heavy (non-hydrogen) atoms. The molecule has 7 nitrogen and oxygen atoms in total. The van der Waals surface area contributed by atoms with Crippen LogP contribution in [0.5, 0.6) is 0 Å². The van der Waals surface area contributed by atoms with Crippen LogP contribution in [-0.2, 0) is 11.3 Å². The highest BCUT2D eigenvalue weighted by atomic mass is 35.5. The van der Waals surface area contributed by atoms with Crippen molar-refractivity contribution in [3.8, 4) is 0 Å². The van der Waals surface area contributed by atoms with E-state index in [1.807, 2.05) is 6.92 Å². The molecule has 0 aliphatic rings. The number of hydrogen-bond donors (Lipinski definition) is 2. The first-order chi connectivity index (χ1) is 16.3. The van der Waals surface area contributed by atoms with Crippen molar-refractivity contribution >= 4 is 40.3 Å². The van der Waals surface area contributed by atoms with Crippen LogP contribution < -0.4 is 10.6 Å². The summed E-state index contributed by atoms with van der Waals surface area (Å²) in [5, 5.41) is 6.49. The molecule has 3 amide bonds. The van der Waals surface area contributed by atoms with E-state index in [2.05, 4.69) is 15.6 Å². The van der Waals surface area contributed by atoms with Gasteiger partial charge in [0.25, 0.3) is 0 Å². The number of carbonyl (C=O) groups is 2. The Hall–Kier alpha value is -3.46. The van der Waals surface area contributed by atoms with E-state index in [1.54, 1.807) is 25.2 Å². The number of carbonyl (C=O) groups excluding carboxylic acids is 2. The number of nitrogens with one attached hydrogen (secondary N) is 2. The van der Waals surface area contributed by atoms with Crippen molar-refractivity contribution in [2.24, 2.45) is 0 Å². The van der Waals surface area contributed by atoms with Crippen molar-refractivity contribution < 1.29 is 23.1 Å². The van der Waals surface area contributed by atoms with Crippen molar-refractivity contribution in [1.29, 1.82) is 0 Å². The zero-order chi connectivity index (χ0) is 24.7. The molecule has 0 aliphatic heterocycles. The molecule has 0 bridgehead atoms. The molecule has 0 radical (unpaired) electrons. The van der Waals surface area contributed by atoms with Crippen LogP contribution in [0.15, 0.2) is 48.7 Å². The fourth-order valence-electron chi connectivity index (χ4n) is 3.36. The Kier molecular flexibility index (Phi) is 8.59. The van der Waals surface area contributed by atoms with Gasteiger partial charge in [-0.2, -0.15) is 0 Å². The highest BCUT2D eigenvalue weighted by Gasteiger charge is 2.21. The Morgan fingerprint density at radius 2 is 1.97 bits per heavy atom. The lowest BCUT2D eigenvalue weighted by atomic mass is 10.1. The van der Waals surface area contributed by atoms with Crippen LogP contribution in [0.1, 0.15) is 25.3 Å². The molecule has 1 aromatic heterocycles. The first kappa shape index (κ1) is 25.2. The van der Waals surface area contributed by atoms with Gasteiger partial charge in [0.2, 0.25) is 0 Å². The maximum Gasteiger partial charge on any atom is 0.412 e. The standard InChI is InChI=1S/C24H25ClF2N4O3/c1-3-5-19(31(2)23(32)29-13-16-6-4-7-20(27)22(16)25)14-34-24(33)30-21-11-17-10-18(26)9-8-15(17)12-28-21/h4,6-12,19H,3,5,13-14H2,1-2H3,(H,29,32)(H,28,30,33)/t19-/m0/s1. The molecule has 0 fully saturated rings. The fourth-order valence-corrected chi connectivity index (χ4v) is 3.55. The van der Waals surface area contributed by atoms with E-state index in [0.717, 1.165) is 11.8 Å². The predicted octanol–water partition coefficient (Wildman–Crippen LogP) is 5.73. The normalized spacial score (nSPS) is 11.7. The number of amides is 3. The molecule has 3 rings (SSSR count). The number of fused-ring (bicyclic) bond motifs is 1.